The zero-order chi connectivity index (χ0) is 11.3. The summed E-state index contributed by atoms with van der Waals surface area (Å²) in [6.07, 6.45) is 11.1. The molecular formula is C11H11N3O2. The van der Waals surface area contributed by atoms with Gasteiger partial charge in [-0.05, 0) is 18.2 Å². The average Bonchev–Trinajstić information content (AvgIpc) is 3.10. The van der Waals surface area contributed by atoms with Crippen LogP contribution >= 0.6 is 0 Å². The lowest BCUT2D eigenvalue weighted by Crippen LogP contribution is -1.58. The lowest BCUT2D eigenvalue weighted by atomic mass is 10.5. The summed E-state index contributed by atoms with van der Waals surface area (Å²) >= 11 is 0. The summed E-state index contributed by atoms with van der Waals surface area (Å²) in [7, 11) is 0. The van der Waals surface area contributed by atoms with Gasteiger partial charge in [0.15, 0.2) is 6.39 Å². The Balaban J connectivity index is 0.000000121. The third-order valence-corrected chi connectivity index (χ3v) is 1.26. The molecule has 0 radical (unpaired) electrons. The normalized spacial score (nSPS) is 8.00. The van der Waals surface area contributed by atoms with Crippen molar-refractivity contribution < 1.29 is 8.94 Å². The van der Waals surface area contributed by atoms with Crippen LogP contribution in [0.25, 0.3) is 0 Å². The van der Waals surface area contributed by atoms with Crippen molar-refractivity contribution in [1.82, 2.24) is 15.1 Å². The fourth-order valence-corrected chi connectivity index (χ4v) is 0.664. The van der Waals surface area contributed by atoms with Crippen LogP contribution in [0.1, 0.15) is 0 Å². The van der Waals surface area contributed by atoms with Crippen LogP contribution in [0, 0.1) is 0 Å². The molecule has 3 aromatic heterocycles. The average molecular weight is 217 g/mol. The first kappa shape index (κ1) is 11.6. The van der Waals surface area contributed by atoms with Crippen LogP contribution in [0.4, 0.5) is 0 Å². The summed E-state index contributed by atoms with van der Waals surface area (Å²) in [5, 5.41) is 3.35. The topological polar surface area (TPSA) is 65.0 Å². The van der Waals surface area contributed by atoms with Crippen LogP contribution in [-0.4, -0.2) is 15.1 Å². The van der Waals surface area contributed by atoms with E-state index in [1.807, 2.05) is 18.2 Å². The predicted octanol–water partition coefficient (Wildman–Crippen LogP) is 2.43. The molecule has 3 rings (SSSR count). The molecule has 0 saturated carbocycles. The van der Waals surface area contributed by atoms with Gasteiger partial charge in [-0.3, -0.25) is 4.98 Å². The summed E-state index contributed by atoms with van der Waals surface area (Å²) in [5.41, 5.74) is 0. The molecule has 0 aliphatic carbocycles. The Kier molecular flexibility index (Phi) is 6.65. The highest BCUT2D eigenvalue weighted by Gasteiger charge is 1.60. The van der Waals surface area contributed by atoms with Crippen molar-refractivity contribution in [3.8, 4) is 0 Å². The van der Waals surface area contributed by atoms with Crippen LogP contribution in [0.2, 0.25) is 0 Å². The minimum absolute atomic E-state index is 1.38. The minimum atomic E-state index is 1.38. The first-order chi connectivity index (χ1) is 8.00. The van der Waals surface area contributed by atoms with E-state index in [1.165, 1.54) is 18.9 Å². The van der Waals surface area contributed by atoms with Gasteiger partial charge in [-0.15, -0.1) is 0 Å². The maximum absolute atomic E-state index is 4.47. The van der Waals surface area contributed by atoms with E-state index in [0.717, 1.165) is 0 Å². The van der Waals surface area contributed by atoms with E-state index >= 15 is 0 Å². The van der Waals surface area contributed by atoms with Gasteiger partial charge in [-0.1, -0.05) is 11.2 Å². The highest BCUT2D eigenvalue weighted by atomic mass is 16.5. The zero-order valence-electron chi connectivity index (χ0n) is 8.51. The van der Waals surface area contributed by atoms with E-state index in [2.05, 4.69) is 24.1 Å². The molecule has 0 spiro atoms. The van der Waals surface area contributed by atoms with E-state index in [0.29, 0.717) is 0 Å². The number of aromatic nitrogens is 3. The smallest absolute Gasteiger partial charge is 0.180 e. The Morgan fingerprint density at radius 1 is 0.688 bits per heavy atom. The molecule has 0 saturated heterocycles. The van der Waals surface area contributed by atoms with Crippen molar-refractivity contribution in [2.45, 2.75) is 0 Å². The second-order valence-electron chi connectivity index (χ2n) is 2.39. The number of hydrogen-bond acceptors (Lipinski definition) is 5. The Bertz CT molecular complexity index is 311. The second kappa shape index (κ2) is 9.14. The number of rotatable bonds is 0. The molecule has 0 aromatic carbocycles. The van der Waals surface area contributed by atoms with Crippen molar-refractivity contribution in [3.63, 3.8) is 0 Å². The Hall–Kier alpha value is -2.43. The quantitative estimate of drug-likeness (QED) is 0.578. The molecule has 0 bridgehead atoms. The first-order valence-corrected chi connectivity index (χ1v) is 4.51. The summed E-state index contributed by atoms with van der Waals surface area (Å²) in [6.45, 7) is 0. The maximum atomic E-state index is 4.47. The lowest BCUT2D eigenvalue weighted by Gasteiger charge is -1.70. The molecule has 5 nitrogen and oxygen atoms in total. The molecule has 3 heterocycles. The minimum Gasteiger partial charge on any atom is -0.452 e. The van der Waals surface area contributed by atoms with Crippen molar-refractivity contribution in [2.24, 2.45) is 0 Å². The predicted molar refractivity (Wildman–Crippen MR) is 57.2 cm³/mol. The van der Waals surface area contributed by atoms with Crippen LogP contribution in [0.5, 0.6) is 0 Å². The van der Waals surface area contributed by atoms with E-state index in [1.54, 1.807) is 30.9 Å². The van der Waals surface area contributed by atoms with Gasteiger partial charge in [-0.25, -0.2) is 4.98 Å². The monoisotopic (exact) mass is 217 g/mol. The first-order valence-electron chi connectivity index (χ1n) is 4.51. The fourth-order valence-electron chi connectivity index (χ4n) is 0.664. The maximum Gasteiger partial charge on any atom is 0.180 e. The molecule has 3 aromatic rings. The number of pyridine rings is 1. The summed E-state index contributed by atoms with van der Waals surface area (Å²) in [4.78, 5) is 7.34. The van der Waals surface area contributed by atoms with Crippen LogP contribution in [0.3, 0.4) is 0 Å². The van der Waals surface area contributed by atoms with E-state index in [9.17, 15) is 0 Å². The van der Waals surface area contributed by atoms with Gasteiger partial charge < -0.3 is 8.94 Å². The summed E-state index contributed by atoms with van der Waals surface area (Å²) < 4.78 is 8.81. The van der Waals surface area contributed by atoms with E-state index in [4.69, 9.17) is 0 Å². The number of hydrogen-bond donors (Lipinski definition) is 0. The molecule has 5 heteroatoms. The van der Waals surface area contributed by atoms with Crippen molar-refractivity contribution in [1.29, 1.82) is 0 Å². The molecule has 0 amide bonds. The standard InChI is InChI=1S/C5H5N.2C3H3NO/c1-2-4-6-5-3-1;1-2-5-3-4-1;1-2-4-5-3-1/h1-5H;2*1-3H. The van der Waals surface area contributed by atoms with Gasteiger partial charge in [0.05, 0.1) is 12.4 Å². The fraction of sp³-hybridized carbons (Fsp3) is 0. The van der Waals surface area contributed by atoms with Gasteiger partial charge in [0.1, 0.15) is 12.5 Å². The Morgan fingerprint density at radius 3 is 1.75 bits per heavy atom. The highest BCUT2D eigenvalue weighted by molar-refractivity contribution is 4.88. The molecule has 0 fully saturated rings. The Labute approximate surface area is 92.8 Å². The molecule has 0 aliphatic rings. The van der Waals surface area contributed by atoms with Gasteiger partial charge in [0, 0.05) is 12.4 Å². The third-order valence-electron chi connectivity index (χ3n) is 1.26. The van der Waals surface area contributed by atoms with Crippen LogP contribution in [0.15, 0.2) is 76.9 Å². The van der Waals surface area contributed by atoms with Gasteiger partial charge in [-0.2, -0.15) is 0 Å². The van der Waals surface area contributed by atoms with Crippen LogP contribution < -0.4 is 0 Å². The number of oxazole rings is 1. The molecule has 0 N–H and O–H groups in total. The largest absolute Gasteiger partial charge is 0.452 e. The summed E-state index contributed by atoms with van der Waals surface area (Å²) in [6, 6.07) is 7.44. The van der Waals surface area contributed by atoms with Crippen molar-refractivity contribution in [3.05, 3.63) is 68.0 Å². The van der Waals surface area contributed by atoms with Crippen molar-refractivity contribution >= 4 is 0 Å². The molecule has 0 unspecified atom stereocenters. The van der Waals surface area contributed by atoms with Crippen molar-refractivity contribution in [2.75, 3.05) is 0 Å². The molecule has 16 heavy (non-hydrogen) atoms. The second-order valence-corrected chi connectivity index (χ2v) is 2.39. The zero-order valence-corrected chi connectivity index (χ0v) is 8.51. The molecule has 0 atom stereocenters. The van der Waals surface area contributed by atoms with E-state index in [-0.39, 0.29) is 0 Å². The SMILES string of the molecule is c1ccncc1.c1cnoc1.c1cocn1. The third kappa shape index (κ3) is 7.02. The summed E-state index contributed by atoms with van der Waals surface area (Å²) in [5.74, 6) is 0. The Morgan fingerprint density at radius 2 is 1.56 bits per heavy atom. The molecule has 82 valence electrons. The lowest BCUT2D eigenvalue weighted by molar-refractivity contribution is 0.420. The van der Waals surface area contributed by atoms with Crippen LogP contribution in [-0.2, 0) is 0 Å². The van der Waals surface area contributed by atoms with Gasteiger partial charge >= 0.3 is 0 Å². The van der Waals surface area contributed by atoms with E-state index < -0.39 is 0 Å². The molecular weight excluding hydrogens is 206 g/mol. The van der Waals surface area contributed by atoms with Gasteiger partial charge in [0.25, 0.3) is 0 Å². The van der Waals surface area contributed by atoms with Gasteiger partial charge in [0.2, 0.25) is 0 Å². The molecule has 0 aliphatic heterocycles. The number of nitrogens with zero attached hydrogens (tertiary/aromatic N) is 3. The highest BCUT2D eigenvalue weighted by Crippen LogP contribution is 1.74.